The summed E-state index contributed by atoms with van der Waals surface area (Å²) >= 11 is 9.63. The number of nitrogens with one attached hydrogen (secondary N) is 1. The summed E-state index contributed by atoms with van der Waals surface area (Å²) in [5, 5.41) is 14.5. The molecule has 1 N–H and O–H groups in total. The summed E-state index contributed by atoms with van der Waals surface area (Å²) in [5.74, 6) is -1.04. The third kappa shape index (κ3) is 7.58. The Labute approximate surface area is 257 Å². The van der Waals surface area contributed by atoms with Crippen molar-refractivity contribution in [3.63, 3.8) is 0 Å². The Balaban J connectivity index is 2.17. The van der Waals surface area contributed by atoms with Crippen molar-refractivity contribution in [1.29, 1.82) is 0 Å². The molecule has 0 fully saturated rings. The van der Waals surface area contributed by atoms with E-state index in [4.69, 9.17) is 16.3 Å². The third-order valence-corrected chi connectivity index (χ3v) is 8.90. The van der Waals surface area contributed by atoms with Crippen LogP contribution in [-0.2, 0) is 26.2 Å². The van der Waals surface area contributed by atoms with Crippen molar-refractivity contribution < 1.29 is 27.7 Å². The number of nitro groups is 1. The summed E-state index contributed by atoms with van der Waals surface area (Å²) in [6, 6.07) is 13.9. The van der Waals surface area contributed by atoms with E-state index in [0.29, 0.717) is 12.1 Å². The number of hydrogen-bond donors (Lipinski definition) is 1. The van der Waals surface area contributed by atoms with Crippen LogP contribution in [0.15, 0.2) is 70.0 Å². The van der Waals surface area contributed by atoms with Crippen LogP contribution in [0, 0.1) is 17.0 Å². The maximum absolute atomic E-state index is 14.1. The zero-order valence-electron chi connectivity index (χ0n) is 23.3. The lowest BCUT2D eigenvalue weighted by Crippen LogP contribution is -2.51. The van der Waals surface area contributed by atoms with Crippen LogP contribution in [0.5, 0.6) is 5.75 Å². The van der Waals surface area contributed by atoms with Gasteiger partial charge in [0.15, 0.2) is 0 Å². The van der Waals surface area contributed by atoms with Gasteiger partial charge >= 0.3 is 0 Å². The van der Waals surface area contributed by atoms with Crippen LogP contribution in [0.3, 0.4) is 0 Å². The molecule has 0 unspecified atom stereocenters. The topological polar surface area (TPSA) is 139 Å². The molecule has 0 bridgehead atoms. The normalized spacial score (nSPS) is 11.9. The van der Waals surface area contributed by atoms with Gasteiger partial charge in [0.1, 0.15) is 18.3 Å². The van der Waals surface area contributed by atoms with Crippen molar-refractivity contribution in [2.75, 3.05) is 24.5 Å². The van der Waals surface area contributed by atoms with E-state index < -0.39 is 49.9 Å². The van der Waals surface area contributed by atoms with Crippen molar-refractivity contribution >= 4 is 60.7 Å². The molecule has 11 nitrogen and oxygen atoms in total. The lowest BCUT2D eigenvalue weighted by molar-refractivity contribution is -0.385. The van der Waals surface area contributed by atoms with Crippen molar-refractivity contribution in [2.24, 2.45) is 0 Å². The predicted octanol–water partition coefficient (Wildman–Crippen LogP) is 5.08. The minimum Gasteiger partial charge on any atom is -0.495 e. The molecule has 0 aliphatic rings. The summed E-state index contributed by atoms with van der Waals surface area (Å²) in [6.45, 7) is 4.33. The Hall–Kier alpha value is -3.68. The molecular weight excluding hydrogens is 652 g/mol. The summed E-state index contributed by atoms with van der Waals surface area (Å²) < 4.78 is 35.2. The molecule has 3 aromatic carbocycles. The lowest BCUT2D eigenvalue weighted by atomic mass is 10.1. The van der Waals surface area contributed by atoms with E-state index in [0.717, 1.165) is 14.8 Å². The number of ether oxygens (including phenoxy) is 1. The molecule has 0 saturated heterocycles. The average molecular weight is 682 g/mol. The van der Waals surface area contributed by atoms with E-state index in [9.17, 15) is 28.1 Å². The summed E-state index contributed by atoms with van der Waals surface area (Å²) in [4.78, 5) is 38.6. The number of halogens is 2. The third-order valence-electron chi connectivity index (χ3n) is 6.41. The zero-order chi connectivity index (χ0) is 31.2. The molecule has 3 aromatic rings. The van der Waals surface area contributed by atoms with Gasteiger partial charge in [-0.15, -0.1) is 0 Å². The maximum atomic E-state index is 14.1. The molecule has 14 heteroatoms. The van der Waals surface area contributed by atoms with Crippen LogP contribution in [0.25, 0.3) is 0 Å². The van der Waals surface area contributed by atoms with Gasteiger partial charge in [-0.3, -0.25) is 24.0 Å². The lowest BCUT2D eigenvalue weighted by Gasteiger charge is -2.32. The largest absolute Gasteiger partial charge is 0.495 e. The Morgan fingerprint density at radius 2 is 1.86 bits per heavy atom. The van der Waals surface area contributed by atoms with Gasteiger partial charge in [-0.1, -0.05) is 45.7 Å². The minimum absolute atomic E-state index is 0.00680. The highest BCUT2D eigenvalue weighted by molar-refractivity contribution is 9.10. The molecule has 42 heavy (non-hydrogen) atoms. The van der Waals surface area contributed by atoms with Crippen LogP contribution in [0.1, 0.15) is 25.0 Å². The van der Waals surface area contributed by atoms with Gasteiger partial charge in [-0.25, -0.2) is 8.42 Å². The van der Waals surface area contributed by atoms with Crippen LogP contribution < -0.4 is 14.4 Å². The standard InChI is InChI=1S/C28H30BrClN4O7S/c1-5-31-28(36)19(3)32(16-20-7-6-8-21(29)13-20)27(35)17-33(25-14-22(30)10-12-26(25)41-4)42(39,40)23-11-9-18(2)24(15-23)34(37)38/h6-15,19H,5,16-17H2,1-4H3,(H,31,36)/t19-/m1/s1. The number of sulfonamides is 1. The van der Waals surface area contributed by atoms with Crippen LogP contribution in [0.2, 0.25) is 5.02 Å². The summed E-state index contributed by atoms with van der Waals surface area (Å²) in [7, 11) is -3.28. The average Bonchev–Trinajstić information content (AvgIpc) is 2.94. The number of carbonyl (C=O) groups is 2. The second-order valence-corrected chi connectivity index (χ2v) is 12.5. The van der Waals surface area contributed by atoms with E-state index in [1.54, 1.807) is 32.0 Å². The van der Waals surface area contributed by atoms with Gasteiger partial charge in [0.05, 0.1) is 22.6 Å². The van der Waals surface area contributed by atoms with Gasteiger partial charge in [0, 0.05) is 34.2 Å². The van der Waals surface area contributed by atoms with Crippen LogP contribution >= 0.6 is 27.5 Å². The van der Waals surface area contributed by atoms with Gasteiger partial charge in [0.25, 0.3) is 15.7 Å². The highest BCUT2D eigenvalue weighted by atomic mass is 79.9. The maximum Gasteiger partial charge on any atom is 0.273 e. The van der Waals surface area contributed by atoms with E-state index in [2.05, 4.69) is 21.2 Å². The van der Waals surface area contributed by atoms with Gasteiger partial charge in [-0.05, 0) is 62.7 Å². The van der Waals surface area contributed by atoms with Crippen molar-refractivity contribution in [3.05, 3.63) is 91.4 Å². The first kappa shape index (κ1) is 32.8. The Morgan fingerprint density at radius 3 is 2.48 bits per heavy atom. The molecule has 0 radical (unpaired) electrons. The molecule has 0 spiro atoms. The summed E-state index contributed by atoms with van der Waals surface area (Å²) in [5.41, 5.74) is 0.492. The highest BCUT2D eigenvalue weighted by Crippen LogP contribution is 2.36. The molecule has 0 aliphatic heterocycles. The predicted molar refractivity (Wildman–Crippen MR) is 163 cm³/mol. The SMILES string of the molecule is CCNC(=O)[C@@H](C)N(Cc1cccc(Br)c1)C(=O)CN(c1cc(Cl)ccc1OC)S(=O)(=O)c1ccc(C)c([N+](=O)[O-])c1. The Morgan fingerprint density at radius 1 is 1.14 bits per heavy atom. The molecule has 224 valence electrons. The Kier molecular flexibility index (Phi) is 10.9. The van der Waals surface area contributed by atoms with E-state index in [1.807, 2.05) is 6.07 Å². The fraction of sp³-hybridized carbons (Fsp3) is 0.286. The van der Waals surface area contributed by atoms with Gasteiger partial charge in [0.2, 0.25) is 11.8 Å². The number of amides is 2. The first-order valence-corrected chi connectivity index (χ1v) is 15.3. The monoisotopic (exact) mass is 680 g/mol. The number of methoxy groups -OCH3 is 1. The molecule has 3 rings (SSSR count). The highest BCUT2D eigenvalue weighted by Gasteiger charge is 2.34. The molecule has 0 aromatic heterocycles. The molecule has 0 heterocycles. The number of likely N-dealkylation sites (N-methyl/N-ethyl adjacent to an activating group) is 1. The number of benzene rings is 3. The quantitative estimate of drug-likeness (QED) is 0.208. The van der Waals surface area contributed by atoms with Gasteiger partial charge in [-0.2, -0.15) is 0 Å². The van der Waals surface area contributed by atoms with Crippen LogP contribution in [-0.4, -0.2) is 56.3 Å². The first-order chi connectivity index (χ1) is 19.8. The second kappa shape index (κ2) is 14.0. The number of carbonyl (C=O) groups excluding carboxylic acids is 2. The van der Waals surface area contributed by atoms with E-state index in [1.165, 1.54) is 49.3 Å². The molecule has 0 aliphatic carbocycles. The van der Waals surface area contributed by atoms with Crippen molar-refractivity contribution in [3.8, 4) is 5.75 Å². The molecular formula is C28H30BrClN4O7S. The smallest absolute Gasteiger partial charge is 0.273 e. The number of nitro benzene ring substituents is 1. The number of anilines is 1. The number of hydrogen-bond acceptors (Lipinski definition) is 7. The molecule has 2 amide bonds. The fourth-order valence-electron chi connectivity index (χ4n) is 4.18. The fourth-order valence-corrected chi connectivity index (χ4v) is 6.23. The second-order valence-electron chi connectivity index (χ2n) is 9.26. The van der Waals surface area contributed by atoms with Crippen molar-refractivity contribution in [2.45, 2.75) is 38.3 Å². The van der Waals surface area contributed by atoms with E-state index >= 15 is 0 Å². The number of aryl methyl sites for hydroxylation is 1. The number of nitrogens with zero attached hydrogens (tertiary/aromatic N) is 3. The minimum atomic E-state index is -4.61. The van der Waals surface area contributed by atoms with Gasteiger partial charge < -0.3 is 15.0 Å². The first-order valence-electron chi connectivity index (χ1n) is 12.7. The molecule has 0 saturated carbocycles. The van der Waals surface area contributed by atoms with Crippen molar-refractivity contribution in [1.82, 2.24) is 10.2 Å². The van der Waals surface area contributed by atoms with E-state index in [-0.39, 0.29) is 28.6 Å². The zero-order valence-corrected chi connectivity index (χ0v) is 26.5. The summed E-state index contributed by atoms with van der Waals surface area (Å²) in [6.07, 6.45) is 0. The number of rotatable bonds is 12. The Bertz CT molecular complexity index is 1600. The van der Waals surface area contributed by atoms with Crippen LogP contribution in [0.4, 0.5) is 11.4 Å². The molecule has 1 atom stereocenters.